The van der Waals surface area contributed by atoms with Gasteiger partial charge in [-0.05, 0) is 43.5 Å². The second-order valence-corrected chi connectivity index (χ2v) is 6.12. The predicted molar refractivity (Wildman–Crippen MR) is 85.9 cm³/mol. The predicted octanol–water partition coefficient (Wildman–Crippen LogP) is 3.65. The van der Waals surface area contributed by atoms with Crippen LogP contribution < -0.4 is 10.2 Å². The summed E-state index contributed by atoms with van der Waals surface area (Å²) in [6.45, 7) is 3.44. The van der Waals surface area contributed by atoms with Gasteiger partial charge in [0.25, 0.3) is 0 Å². The van der Waals surface area contributed by atoms with Gasteiger partial charge >= 0.3 is 0 Å². The molecule has 3 heteroatoms. The number of fused-ring (bicyclic) bond motifs is 1. The van der Waals surface area contributed by atoms with E-state index in [2.05, 4.69) is 62.5 Å². The fourth-order valence-corrected chi connectivity index (χ4v) is 3.51. The third-order valence-electron chi connectivity index (χ3n) is 3.97. The summed E-state index contributed by atoms with van der Waals surface area (Å²) in [6, 6.07) is 13.0. The highest BCUT2D eigenvalue weighted by molar-refractivity contribution is 9.10. The molecule has 0 spiro atoms. The third-order valence-corrected chi connectivity index (χ3v) is 4.66. The highest BCUT2D eigenvalue weighted by atomic mass is 79.9. The number of nitrogens with one attached hydrogen (secondary N) is 1. The summed E-state index contributed by atoms with van der Waals surface area (Å²) in [6.07, 6.45) is 1.28. The van der Waals surface area contributed by atoms with E-state index >= 15 is 0 Å². The van der Waals surface area contributed by atoms with Crippen molar-refractivity contribution in [3.05, 3.63) is 40.9 Å². The van der Waals surface area contributed by atoms with E-state index in [4.69, 9.17) is 0 Å². The molecule has 1 fully saturated rings. The maximum Gasteiger partial charge on any atom is 0.0446 e. The van der Waals surface area contributed by atoms with Crippen molar-refractivity contribution in [3.8, 4) is 0 Å². The molecule has 1 N–H and O–H groups in total. The Morgan fingerprint density at radius 3 is 2.79 bits per heavy atom. The Hall–Kier alpha value is -1.06. The second-order valence-electron chi connectivity index (χ2n) is 5.27. The number of hydrogen-bond acceptors (Lipinski definition) is 2. The molecule has 2 nitrogen and oxygen atoms in total. The molecule has 1 aliphatic rings. The van der Waals surface area contributed by atoms with E-state index in [1.165, 1.54) is 27.4 Å². The topological polar surface area (TPSA) is 15.3 Å². The smallest absolute Gasteiger partial charge is 0.0446 e. The van der Waals surface area contributed by atoms with Crippen LogP contribution in [-0.4, -0.2) is 26.7 Å². The molecule has 0 saturated carbocycles. The number of rotatable bonds is 3. The van der Waals surface area contributed by atoms with Crippen molar-refractivity contribution >= 4 is 32.4 Å². The highest BCUT2D eigenvalue weighted by Crippen LogP contribution is 2.34. The molecule has 0 amide bonds. The van der Waals surface area contributed by atoms with Crippen molar-refractivity contribution in [2.24, 2.45) is 5.92 Å². The van der Waals surface area contributed by atoms with Crippen molar-refractivity contribution in [2.75, 3.05) is 31.6 Å². The summed E-state index contributed by atoms with van der Waals surface area (Å²) in [5, 5.41) is 5.95. The van der Waals surface area contributed by atoms with E-state index in [1.807, 2.05) is 7.05 Å². The minimum Gasteiger partial charge on any atom is -0.371 e. The highest BCUT2D eigenvalue weighted by Gasteiger charge is 2.23. The lowest BCUT2D eigenvalue weighted by molar-refractivity contribution is 0.549. The first kappa shape index (κ1) is 12.9. The molecule has 0 radical (unpaired) electrons. The number of anilines is 1. The van der Waals surface area contributed by atoms with Gasteiger partial charge in [0.2, 0.25) is 0 Å². The molecule has 1 aliphatic heterocycles. The van der Waals surface area contributed by atoms with Crippen molar-refractivity contribution in [1.29, 1.82) is 0 Å². The van der Waals surface area contributed by atoms with Gasteiger partial charge in [-0.2, -0.15) is 0 Å². The van der Waals surface area contributed by atoms with Gasteiger partial charge in [-0.3, -0.25) is 0 Å². The number of benzene rings is 2. The standard InChI is InChI=1S/C16H19BrN2/c1-18-10-12-8-9-19(11-12)16-7-6-15(17)13-4-2-3-5-14(13)16/h2-7,12,18H,8-11H2,1H3. The SMILES string of the molecule is CNCC1CCN(c2ccc(Br)c3ccccc23)C1. The molecule has 1 atom stereocenters. The van der Waals surface area contributed by atoms with Crippen LogP contribution in [0.2, 0.25) is 0 Å². The molecule has 1 saturated heterocycles. The van der Waals surface area contributed by atoms with E-state index in [9.17, 15) is 0 Å². The molecule has 1 heterocycles. The maximum absolute atomic E-state index is 3.65. The zero-order valence-electron chi connectivity index (χ0n) is 11.2. The summed E-state index contributed by atoms with van der Waals surface area (Å²) in [5.74, 6) is 0.771. The molecule has 2 aromatic rings. The van der Waals surface area contributed by atoms with Gasteiger partial charge in [0.05, 0.1) is 0 Å². The van der Waals surface area contributed by atoms with Crippen LogP contribution in [0.3, 0.4) is 0 Å². The van der Waals surface area contributed by atoms with Gasteiger partial charge in [-0.1, -0.05) is 40.2 Å². The van der Waals surface area contributed by atoms with Gasteiger partial charge in [0, 0.05) is 28.6 Å². The van der Waals surface area contributed by atoms with E-state index in [0.717, 1.165) is 25.6 Å². The molecule has 0 aromatic heterocycles. The van der Waals surface area contributed by atoms with Crippen LogP contribution in [0.25, 0.3) is 10.8 Å². The average Bonchev–Trinajstić information content (AvgIpc) is 2.88. The van der Waals surface area contributed by atoms with Gasteiger partial charge < -0.3 is 10.2 Å². The van der Waals surface area contributed by atoms with Crippen LogP contribution in [0.1, 0.15) is 6.42 Å². The molecule has 3 rings (SSSR count). The Labute approximate surface area is 122 Å². The van der Waals surface area contributed by atoms with Crippen LogP contribution in [-0.2, 0) is 0 Å². The Morgan fingerprint density at radius 2 is 2.00 bits per heavy atom. The Balaban J connectivity index is 1.96. The van der Waals surface area contributed by atoms with Crippen molar-refractivity contribution in [1.82, 2.24) is 5.32 Å². The maximum atomic E-state index is 3.65. The first-order valence-electron chi connectivity index (χ1n) is 6.86. The van der Waals surface area contributed by atoms with E-state index < -0.39 is 0 Å². The number of nitrogens with zero attached hydrogens (tertiary/aromatic N) is 1. The monoisotopic (exact) mass is 318 g/mol. The molecule has 1 unspecified atom stereocenters. The lowest BCUT2D eigenvalue weighted by Crippen LogP contribution is -2.24. The minimum absolute atomic E-state index is 0.771. The second kappa shape index (κ2) is 5.51. The number of hydrogen-bond donors (Lipinski definition) is 1. The van der Waals surface area contributed by atoms with Gasteiger partial charge in [-0.15, -0.1) is 0 Å². The fraction of sp³-hybridized carbons (Fsp3) is 0.375. The lowest BCUT2D eigenvalue weighted by atomic mass is 10.1. The van der Waals surface area contributed by atoms with Crippen molar-refractivity contribution in [3.63, 3.8) is 0 Å². The summed E-state index contributed by atoms with van der Waals surface area (Å²) >= 11 is 3.65. The van der Waals surface area contributed by atoms with Gasteiger partial charge in [0.15, 0.2) is 0 Å². The molecule has 19 heavy (non-hydrogen) atoms. The largest absolute Gasteiger partial charge is 0.371 e. The zero-order chi connectivity index (χ0) is 13.2. The third kappa shape index (κ3) is 2.49. The van der Waals surface area contributed by atoms with Crippen LogP contribution in [0.15, 0.2) is 40.9 Å². The summed E-state index contributed by atoms with van der Waals surface area (Å²) in [7, 11) is 2.04. The van der Waals surface area contributed by atoms with Gasteiger partial charge in [-0.25, -0.2) is 0 Å². The summed E-state index contributed by atoms with van der Waals surface area (Å²) in [4.78, 5) is 2.52. The van der Waals surface area contributed by atoms with Crippen molar-refractivity contribution < 1.29 is 0 Å². The fourth-order valence-electron chi connectivity index (χ4n) is 3.03. The van der Waals surface area contributed by atoms with E-state index in [0.29, 0.717) is 0 Å². The molecule has 2 aromatic carbocycles. The normalized spacial score (nSPS) is 19.3. The number of halogens is 1. The van der Waals surface area contributed by atoms with E-state index in [-0.39, 0.29) is 0 Å². The Morgan fingerprint density at radius 1 is 1.21 bits per heavy atom. The Bertz CT molecular complexity index is 582. The van der Waals surface area contributed by atoms with Crippen LogP contribution >= 0.6 is 15.9 Å². The lowest BCUT2D eigenvalue weighted by Gasteiger charge is -2.21. The Kier molecular flexibility index (Phi) is 3.76. The van der Waals surface area contributed by atoms with E-state index in [1.54, 1.807) is 0 Å². The zero-order valence-corrected chi connectivity index (χ0v) is 12.8. The van der Waals surface area contributed by atoms with Crippen LogP contribution in [0.4, 0.5) is 5.69 Å². The van der Waals surface area contributed by atoms with Crippen LogP contribution in [0.5, 0.6) is 0 Å². The summed E-state index contributed by atoms with van der Waals surface area (Å²) in [5.41, 5.74) is 1.37. The van der Waals surface area contributed by atoms with Crippen LogP contribution in [0, 0.1) is 5.92 Å². The first-order chi connectivity index (χ1) is 9.29. The average molecular weight is 319 g/mol. The molecule has 100 valence electrons. The molecule has 0 aliphatic carbocycles. The molecule has 0 bridgehead atoms. The van der Waals surface area contributed by atoms with Crippen molar-refractivity contribution in [2.45, 2.75) is 6.42 Å². The molecular weight excluding hydrogens is 300 g/mol. The first-order valence-corrected chi connectivity index (χ1v) is 7.65. The minimum atomic E-state index is 0.771. The van der Waals surface area contributed by atoms with Gasteiger partial charge in [0.1, 0.15) is 0 Å². The summed E-state index contributed by atoms with van der Waals surface area (Å²) < 4.78 is 1.18. The molecular formula is C16H19BrN2. The quantitative estimate of drug-likeness (QED) is 0.929.